The number of pyridine rings is 1. The Kier molecular flexibility index (Phi) is 7.45. The van der Waals surface area contributed by atoms with Crippen LogP contribution >= 0.6 is 11.8 Å². The molecule has 2 saturated heterocycles. The molecule has 0 radical (unpaired) electrons. The molecule has 4 rings (SSSR count). The van der Waals surface area contributed by atoms with Crippen molar-refractivity contribution < 1.29 is 35.9 Å². The van der Waals surface area contributed by atoms with E-state index in [-0.39, 0.29) is 54.3 Å². The molecule has 10 nitrogen and oxygen atoms in total. The number of halogens is 3. The summed E-state index contributed by atoms with van der Waals surface area (Å²) in [4.78, 5) is 30.5. The highest BCUT2D eigenvalue weighted by atomic mass is 32.2. The van der Waals surface area contributed by atoms with Crippen LogP contribution in [0.3, 0.4) is 0 Å². The predicted octanol–water partition coefficient (Wildman–Crippen LogP) is 2.91. The molecule has 0 spiro atoms. The lowest BCUT2D eigenvalue weighted by Gasteiger charge is -2.27. The Balaban J connectivity index is 1.53. The van der Waals surface area contributed by atoms with Gasteiger partial charge < -0.3 is 10.1 Å². The van der Waals surface area contributed by atoms with Gasteiger partial charge >= 0.3 is 21.7 Å². The highest BCUT2D eigenvalue weighted by Crippen LogP contribution is 2.38. The number of imide groups is 1. The van der Waals surface area contributed by atoms with E-state index in [1.165, 1.54) is 41.0 Å². The van der Waals surface area contributed by atoms with Gasteiger partial charge in [0.05, 0.1) is 30.8 Å². The maximum absolute atomic E-state index is 13.2. The minimum absolute atomic E-state index is 0.0859. The van der Waals surface area contributed by atoms with Crippen LogP contribution in [-0.2, 0) is 19.7 Å². The number of aromatic nitrogens is 1. The van der Waals surface area contributed by atoms with E-state index >= 15 is 0 Å². The fourth-order valence-electron chi connectivity index (χ4n) is 3.94. The molecule has 3 heterocycles. The van der Waals surface area contributed by atoms with Gasteiger partial charge in [-0.1, -0.05) is 6.92 Å². The summed E-state index contributed by atoms with van der Waals surface area (Å²) in [6.45, 7) is 2.56. The van der Waals surface area contributed by atoms with Gasteiger partial charge in [-0.2, -0.15) is 25.9 Å². The highest BCUT2D eigenvalue weighted by Gasteiger charge is 2.43. The van der Waals surface area contributed by atoms with Crippen molar-refractivity contribution in [3.05, 3.63) is 48.3 Å². The number of alkyl halides is 3. The van der Waals surface area contributed by atoms with Crippen LogP contribution in [0.4, 0.5) is 29.3 Å². The number of rotatable bonds is 7. The fourth-order valence-corrected chi connectivity index (χ4v) is 5.68. The largest absolute Gasteiger partial charge is 0.446 e. The average molecular weight is 546 g/mol. The number of anilines is 2. The minimum atomic E-state index is -4.46. The smallest absolute Gasteiger partial charge is 0.379 e. The van der Waals surface area contributed by atoms with E-state index < -0.39 is 39.6 Å². The van der Waals surface area contributed by atoms with Gasteiger partial charge in [0.25, 0.3) is 5.91 Å². The van der Waals surface area contributed by atoms with Crippen molar-refractivity contribution in [1.29, 1.82) is 0 Å². The average Bonchev–Trinajstić information content (AvgIpc) is 3.12. The van der Waals surface area contributed by atoms with E-state index in [1.807, 2.05) is 0 Å². The van der Waals surface area contributed by atoms with Crippen molar-refractivity contribution in [2.45, 2.75) is 29.3 Å². The van der Waals surface area contributed by atoms with Crippen molar-refractivity contribution in [3.63, 3.8) is 0 Å². The molecule has 0 bridgehead atoms. The number of amides is 3. The molecular formula is C21H22F3N5O5S2. The molecule has 2 atom stereocenters. The second-order valence-corrected chi connectivity index (χ2v) is 10.8. The van der Waals surface area contributed by atoms with E-state index in [2.05, 4.69) is 15.0 Å². The van der Waals surface area contributed by atoms with Gasteiger partial charge in [-0.15, -0.1) is 0 Å². The van der Waals surface area contributed by atoms with Gasteiger partial charge in [-0.25, -0.2) is 9.69 Å². The van der Waals surface area contributed by atoms with Crippen LogP contribution in [0, 0.1) is 0 Å². The quantitative estimate of drug-likeness (QED) is 0.405. The molecule has 2 aliphatic rings. The Hall–Kier alpha value is -2.88. The summed E-state index contributed by atoms with van der Waals surface area (Å²) in [5, 5.41) is 2.58. The van der Waals surface area contributed by atoms with Crippen molar-refractivity contribution in [3.8, 4) is 0 Å². The number of morpholine rings is 1. The standard InChI is InChI=1S/C21H22F3N5O5S2/c1-13(16-6-7-25-12-17(16)27-36(32,33)28-8-10-34-11-9-28)18-19(30)29(20(31)26-18)14-2-4-15(5-3-14)35-21(22,23)24/h2-7,12-13,18,27H,8-11H2,1H3,(H,26,31). The van der Waals surface area contributed by atoms with E-state index in [0.717, 1.165) is 4.90 Å². The highest BCUT2D eigenvalue weighted by molar-refractivity contribution is 8.00. The first-order valence-electron chi connectivity index (χ1n) is 10.8. The first-order chi connectivity index (χ1) is 17.0. The maximum Gasteiger partial charge on any atom is 0.446 e. The summed E-state index contributed by atoms with van der Waals surface area (Å²) >= 11 is -0.304. The molecule has 2 aliphatic heterocycles. The molecule has 36 heavy (non-hydrogen) atoms. The number of benzene rings is 1. The number of nitrogens with one attached hydrogen (secondary N) is 2. The van der Waals surface area contributed by atoms with Crippen LogP contribution < -0.4 is 14.9 Å². The number of carbonyl (C=O) groups excluding carboxylic acids is 2. The van der Waals surface area contributed by atoms with Gasteiger partial charge in [0.2, 0.25) is 0 Å². The summed E-state index contributed by atoms with van der Waals surface area (Å²) in [5.41, 5.74) is -3.76. The van der Waals surface area contributed by atoms with Crippen molar-refractivity contribution in [1.82, 2.24) is 14.6 Å². The first-order valence-corrected chi connectivity index (χ1v) is 13.0. The molecule has 194 valence electrons. The SMILES string of the molecule is CC(c1ccncc1NS(=O)(=O)N1CCOCC1)C1NC(=O)N(c2ccc(SC(F)(F)F)cc2)C1=O. The Morgan fingerprint density at radius 1 is 1.17 bits per heavy atom. The molecule has 2 aromatic rings. The minimum Gasteiger partial charge on any atom is -0.379 e. The second-order valence-electron chi connectivity index (χ2n) is 8.01. The van der Waals surface area contributed by atoms with Gasteiger partial charge in [0.1, 0.15) is 6.04 Å². The number of carbonyl (C=O) groups is 2. The van der Waals surface area contributed by atoms with Crippen LogP contribution in [0.1, 0.15) is 18.4 Å². The molecule has 0 aliphatic carbocycles. The van der Waals surface area contributed by atoms with Crippen LogP contribution in [0.2, 0.25) is 0 Å². The Bertz CT molecular complexity index is 1240. The third-order valence-electron chi connectivity index (χ3n) is 5.69. The molecule has 1 aromatic heterocycles. The summed E-state index contributed by atoms with van der Waals surface area (Å²) in [6.07, 6.45) is 2.76. The molecular weight excluding hydrogens is 523 g/mol. The Morgan fingerprint density at radius 3 is 2.47 bits per heavy atom. The molecule has 2 fully saturated rings. The molecule has 2 unspecified atom stereocenters. The topological polar surface area (TPSA) is 121 Å². The van der Waals surface area contributed by atoms with Crippen molar-refractivity contribution >= 4 is 45.3 Å². The van der Waals surface area contributed by atoms with Crippen LogP contribution in [-0.4, -0.2) is 67.5 Å². The van der Waals surface area contributed by atoms with E-state index in [1.54, 1.807) is 13.0 Å². The molecule has 1 aromatic carbocycles. The maximum atomic E-state index is 13.2. The van der Waals surface area contributed by atoms with Gasteiger partial charge in [0.15, 0.2) is 0 Å². The monoisotopic (exact) mass is 545 g/mol. The van der Waals surface area contributed by atoms with Gasteiger partial charge in [-0.05, 0) is 47.7 Å². The Morgan fingerprint density at radius 2 is 1.83 bits per heavy atom. The zero-order valence-corrected chi connectivity index (χ0v) is 20.5. The molecule has 3 amide bonds. The number of hydrogen-bond acceptors (Lipinski definition) is 7. The zero-order chi connectivity index (χ0) is 26.1. The van der Waals surface area contributed by atoms with E-state index in [9.17, 15) is 31.2 Å². The molecule has 2 N–H and O–H groups in total. The third-order valence-corrected chi connectivity index (χ3v) is 7.95. The lowest BCUT2D eigenvalue weighted by atomic mass is 9.93. The number of hydrogen-bond donors (Lipinski definition) is 2. The predicted molar refractivity (Wildman–Crippen MR) is 126 cm³/mol. The number of nitrogens with zero attached hydrogens (tertiary/aromatic N) is 3. The van der Waals surface area contributed by atoms with Crippen LogP contribution in [0.5, 0.6) is 0 Å². The van der Waals surface area contributed by atoms with Gasteiger partial charge in [-0.3, -0.25) is 14.5 Å². The fraction of sp³-hybridized carbons (Fsp3) is 0.381. The van der Waals surface area contributed by atoms with Crippen molar-refractivity contribution in [2.75, 3.05) is 35.9 Å². The molecule has 15 heteroatoms. The molecule has 0 saturated carbocycles. The summed E-state index contributed by atoms with van der Waals surface area (Å²) in [7, 11) is -3.91. The summed E-state index contributed by atoms with van der Waals surface area (Å²) in [6, 6.07) is 4.62. The number of urea groups is 1. The lowest BCUT2D eigenvalue weighted by molar-refractivity contribution is -0.118. The zero-order valence-electron chi connectivity index (χ0n) is 18.9. The Labute approximate surface area is 209 Å². The number of ether oxygens (including phenoxy) is 1. The van der Waals surface area contributed by atoms with Crippen LogP contribution in [0.25, 0.3) is 0 Å². The normalized spacial score (nSPS) is 20.3. The summed E-state index contributed by atoms with van der Waals surface area (Å²) in [5.74, 6) is -1.29. The third kappa shape index (κ3) is 5.74. The van der Waals surface area contributed by atoms with Gasteiger partial charge in [0, 0.05) is 30.1 Å². The first kappa shape index (κ1) is 26.2. The van der Waals surface area contributed by atoms with Crippen molar-refractivity contribution in [2.24, 2.45) is 0 Å². The van der Waals surface area contributed by atoms with E-state index in [0.29, 0.717) is 5.56 Å². The summed E-state index contributed by atoms with van der Waals surface area (Å²) < 4.78 is 72.4. The van der Waals surface area contributed by atoms with E-state index in [4.69, 9.17) is 4.74 Å². The lowest BCUT2D eigenvalue weighted by Crippen LogP contribution is -2.43. The van der Waals surface area contributed by atoms with Crippen LogP contribution in [0.15, 0.2) is 47.6 Å². The second kappa shape index (κ2) is 10.2. The number of thioether (sulfide) groups is 1.